The van der Waals surface area contributed by atoms with Crippen LogP contribution in [0.4, 0.5) is 11.4 Å². The smallest absolute Gasteiger partial charge is 0.238 e. The van der Waals surface area contributed by atoms with Gasteiger partial charge in [-0.15, -0.1) is 0 Å². The monoisotopic (exact) mass is 310 g/mol. The predicted octanol–water partition coefficient (Wildman–Crippen LogP) is 1.89. The number of carbonyl (C=O) groups is 1. The normalized spacial score (nSPS) is 15.6. The lowest BCUT2D eigenvalue weighted by Gasteiger charge is -2.21. The summed E-state index contributed by atoms with van der Waals surface area (Å²) in [6, 6.07) is 5.07. The van der Waals surface area contributed by atoms with Crippen molar-refractivity contribution in [1.29, 1.82) is 0 Å². The van der Waals surface area contributed by atoms with Gasteiger partial charge in [0.2, 0.25) is 5.91 Å². The van der Waals surface area contributed by atoms with Crippen molar-refractivity contribution < 1.29 is 4.79 Å². The second-order valence-electron chi connectivity index (χ2n) is 5.57. The lowest BCUT2D eigenvalue weighted by atomic mass is 10.2. The number of likely N-dealkylation sites (N-methyl/N-ethyl adjacent to an activating group) is 1. The molecule has 1 aliphatic heterocycles. The van der Waals surface area contributed by atoms with Crippen LogP contribution in [0.25, 0.3) is 0 Å². The van der Waals surface area contributed by atoms with Crippen LogP contribution < -0.4 is 11.1 Å². The van der Waals surface area contributed by atoms with Crippen molar-refractivity contribution in [3.8, 4) is 0 Å². The van der Waals surface area contributed by atoms with Crippen LogP contribution in [0.3, 0.4) is 0 Å². The molecule has 1 aliphatic rings. The fourth-order valence-electron chi connectivity index (χ4n) is 2.48. The topological polar surface area (TPSA) is 61.6 Å². The molecule has 21 heavy (non-hydrogen) atoms. The third kappa shape index (κ3) is 5.19. The maximum Gasteiger partial charge on any atom is 0.238 e. The maximum atomic E-state index is 12.0. The van der Waals surface area contributed by atoms with E-state index in [-0.39, 0.29) is 5.91 Å². The van der Waals surface area contributed by atoms with E-state index in [4.69, 9.17) is 17.3 Å². The van der Waals surface area contributed by atoms with E-state index in [2.05, 4.69) is 10.2 Å². The van der Waals surface area contributed by atoms with Crippen molar-refractivity contribution in [2.75, 3.05) is 50.8 Å². The SMILES string of the molecule is CN(CCN1CCCC1)CC(=O)Nc1ccc(Cl)cc1N. The predicted molar refractivity (Wildman–Crippen MR) is 87.7 cm³/mol. The number of halogens is 1. The Morgan fingerprint density at radius 3 is 2.81 bits per heavy atom. The number of nitrogens with one attached hydrogen (secondary N) is 1. The highest BCUT2D eigenvalue weighted by Crippen LogP contribution is 2.22. The number of carbonyl (C=O) groups excluding carboxylic acids is 1. The quantitative estimate of drug-likeness (QED) is 0.788. The Bertz CT molecular complexity index is 489. The van der Waals surface area contributed by atoms with Crippen LogP contribution in [0.5, 0.6) is 0 Å². The average Bonchev–Trinajstić information content (AvgIpc) is 2.93. The molecule has 0 radical (unpaired) electrons. The van der Waals surface area contributed by atoms with Crippen molar-refractivity contribution in [1.82, 2.24) is 9.80 Å². The van der Waals surface area contributed by atoms with E-state index in [1.807, 2.05) is 11.9 Å². The van der Waals surface area contributed by atoms with E-state index >= 15 is 0 Å². The number of anilines is 2. The molecule has 1 heterocycles. The van der Waals surface area contributed by atoms with Crippen molar-refractivity contribution in [3.63, 3.8) is 0 Å². The number of hydrogen-bond acceptors (Lipinski definition) is 4. The Labute approximate surface area is 131 Å². The molecule has 1 aromatic carbocycles. The minimum atomic E-state index is -0.0621. The van der Waals surface area contributed by atoms with Gasteiger partial charge in [-0.3, -0.25) is 9.69 Å². The third-order valence-electron chi connectivity index (χ3n) is 3.70. The van der Waals surface area contributed by atoms with Crippen LogP contribution in [0.1, 0.15) is 12.8 Å². The highest BCUT2D eigenvalue weighted by molar-refractivity contribution is 6.31. The maximum absolute atomic E-state index is 12.0. The summed E-state index contributed by atoms with van der Waals surface area (Å²) in [5.74, 6) is -0.0621. The van der Waals surface area contributed by atoms with Gasteiger partial charge in [-0.1, -0.05) is 11.6 Å². The Hall–Kier alpha value is -1.30. The molecule has 1 aromatic rings. The molecule has 0 unspecified atom stereocenters. The fraction of sp³-hybridized carbons (Fsp3) is 0.533. The van der Waals surface area contributed by atoms with Crippen LogP contribution in [0.2, 0.25) is 5.02 Å². The largest absolute Gasteiger partial charge is 0.397 e. The molecular formula is C15H23ClN4O. The number of nitrogen functional groups attached to an aromatic ring is 1. The van der Waals surface area contributed by atoms with Crippen molar-refractivity contribution in [2.45, 2.75) is 12.8 Å². The van der Waals surface area contributed by atoms with Crippen molar-refractivity contribution >= 4 is 28.9 Å². The summed E-state index contributed by atoms with van der Waals surface area (Å²) < 4.78 is 0. The summed E-state index contributed by atoms with van der Waals surface area (Å²) in [5, 5.41) is 3.38. The zero-order chi connectivity index (χ0) is 15.2. The second-order valence-corrected chi connectivity index (χ2v) is 6.00. The molecule has 1 fully saturated rings. The lowest BCUT2D eigenvalue weighted by molar-refractivity contribution is -0.117. The van der Waals surface area contributed by atoms with Gasteiger partial charge in [0.1, 0.15) is 0 Å². The molecule has 5 nitrogen and oxygen atoms in total. The van der Waals surface area contributed by atoms with Gasteiger partial charge in [-0.05, 0) is 51.2 Å². The zero-order valence-electron chi connectivity index (χ0n) is 12.4. The first-order chi connectivity index (χ1) is 10.0. The highest BCUT2D eigenvalue weighted by Gasteiger charge is 2.13. The molecule has 1 amide bonds. The molecule has 1 saturated heterocycles. The molecule has 6 heteroatoms. The number of likely N-dealkylation sites (tertiary alicyclic amines) is 1. The number of nitrogens with two attached hydrogens (primary N) is 1. The first-order valence-electron chi connectivity index (χ1n) is 7.30. The molecule has 0 aromatic heterocycles. The van der Waals surface area contributed by atoms with Gasteiger partial charge >= 0.3 is 0 Å². The summed E-state index contributed by atoms with van der Waals surface area (Å²) in [6.07, 6.45) is 2.58. The molecule has 0 spiro atoms. The van der Waals surface area contributed by atoms with Crippen LogP contribution in [0, 0.1) is 0 Å². The molecule has 2 rings (SSSR count). The molecular weight excluding hydrogens is 288 g/mol. The van der Waals surface area contributed by atoms with E-state index in [1.54, 1.807) is 18.2 Å². The number of hydrogen-bond donors (Lipinski definition) is 2. The Balaban J connectivity index is 1.75. The lowest BCUT2D eigenvalue weighted by Crippen LogP contribution is -2.36. The van der Waals surface area contributed by atoms with Crippen LogP contribution >= 0.6 is 11.6 Å². The molecule has 0 aliphatic carbocycles. The zero-order valence-corrected chi connectivity index (χ0v) is 13.2. The Morgan fingerprint density at radius 2 is 2.14 bits per heavy atom. The molecule has 0 bridgehead atoms. The minimum absolute atomic E-state index is 0.0621. The second kappa shape index (κ2) is 7.64. The molecule has 0 atom stereocenters. The van der Waals surface area contributed by atoms with Gasteiger partial charge < -0.3 is 16.0 Å². The standard InChI is InChI=1S/C15H23ClN4O/c1-19(8-9-20-6-2-3-7-20)11-15(21)18-14-5-4-12(16)10-13(14)17/h4-5,10H,2-3,6-9,11,17H2,1H3,(H,18,21). The van der Waals surface area contributed by atoms with Crippen LogP contribution in [-0.2, 0) is 4.79 Å². The summed E-state index contributed by atoms with van der Waals surface area (Å²) in [6.45, 7) is 4.63. The molecule has 3 N–H and O–H groups in total. The van der Waals surface area contributed by atoms with Crippen LogP contribution in [0.15, 0.2) is 18.2 Å². The summed E-state index contributed by atoms with van der Waals surface area (Å²) in [5.41, 5.74) is 6.91. The van der Waals surface area contributed by atoms with E-state index in [0.717, 1.165) is 13.1 Å². The first kappa shape index (κ1) is 16.1. The van der Waals surface area contributed by atoms with Crippen molar-refractivity contribution in [2.24, 2.45) is 0 Å². The number of nitrogens with zero attached hydrogens (tertiary/aromatic N) is 2. The van der Waals surface area contributed by atoms with Gasteiger partial charge in [0, 0.05) is 18.1 Å². The molecule has 116 valence electrons. The van der Waals surface area contributed by atoms with E-state index in [9.17, 15) is 4.79 Å². The van der Waals surface area contributed by atoms with E-state index in [1.165, 1.54) is 25.9 Å². The van der Waals surface area contributed by atoms with Gasteiger partial charge in [0.05, 0.1) is 17.9 Å². The van der Waals surface area contributed by atoms with Gasteiger partial charge in [-0.2, -0.15) is 0 Å². The van der Waals surface area contributed by atoms with Gasteiger partial charge in [-0.25, -0.2) is 0 Å². The van der Waals surface area contributed by atoms with Crippen LogP contribution in [-0.4, -0.2) is 55.5 Å². The third-order valence-corrected chi connectivity index (χ3v) is 3.93. The summed E-state index contributed by atoms with van der Waals surface area (Å²) >= 11 is 5.84. The first-order valence-corrected chi connectivity index (χ1v) is 7.68. The van der Waals surface area contributed by atoms with Gasteiger partial charge in [0.25, 0.3) is 0 Å². The Morgan fingerprint density at radius 1 is 1.43 bits per heavy atom. The number of rotatable bonds is 6. The minimum Gasteiger partial charge on any atom is -0.397 e. The molecule has 0 saturated carbocycles. The average molecular weight is 311 g/mol. The van der Waals surface area contributed by atoms with Crippen molar-refractivity contribution in [3.05, 3.63) is 23.2 Å². The summed E-state index contributed by atoms with van der Waals surface area (Å²) in [4.78, 5) is 16.5. The fourth-order valence-corrected chi connectivity index (χ4v) is 2.66. The van der Waals surface area contributed by atoms with E-state index < -0.39 is 0 Å². The number of amides is 1. The van der Waals surface area contributed by atoms with Gasteiger partial charge in [0.15, 0.2) is 0 Å². The number of benzene rings is 1. The highest BCUT2D eigenvalue weighted by atomic mass is 35.5. The summed E-state index contributed by atoms with van der Waals surface area (Å²) in [7, 11) is 1.96. The van der Waals surface area contributed by atoms with E-state index in [0.29, 0.717) is 22.9 Å². The Kier molecular flexibility index (Phi) is 5.85.